The van der Waals surface area contributed by atoms with Gasteiger partial charge in [0.25, 0.3) is 0 Å². The molecular weight excluding hydrogens is 210 g/mol. The van der Waals surface area contributed by atoms with Crippen molar-refractivity contribution >= 4 is 17.6 Å². The molecule has 5 heteroatoms. The van der Waals surface area contributed by atoms with E-state index in [1.54, 1.807) is 18.0 Å². The van der Waals surface area contributed by atoms with Gasteiger partial charge in [-0.3, -0.25) is 0 Å². The molecule has 1 aliphatic heterocycles. The Bertz CT molecular complexity index is 326. The van der Waals surface area contributed by atoms with Crippen LogP contribution in [-0.2, 0) is 0 Å². The van der Waals surface area contributed by atoms with Gasteiger partial charge in [-0.1, -0.05) is 11.8 Å². The first kappa shape index (κ1) is 10.7. The van der Waals surface area contributed by atoms with Gasteiger partial charge in [0.05, 0.1) is 6.10 Å². The van der Waals surface area contributed by atoms with Gasteiger partial charge >= 0.3 is 0 Å². The average molecular weight is 225 g/mol. The summed E-state index contributed by atoms with van der Waals surface area (Å²) in [6.45, 7) is 1.76. The molecule has 0 spiro atoms. The third-order valence-corrected chi connectivity index (χ3v) is 3.15. The van der Waals surface area contributed by atoms with Crippen molar-refractivity contribution in [3.8, 4) is 0 Å². The number of anilines is 1. The molecule has 0 radical (unpaired) electrons. The third-order valence-electron chi connectivity index (χ3n) is 2.59. The minimum Gasteiger partial charge on any atom is -0.393 e. The van der Waals surface area contributed by atoms with E-state index in [9.17, 15) is 5.11 Å². The Kier molecular flexibility index (Phi) is 3.43. The Morgan fingerprint density at radius 2 is 2.20 bits per heavy atom. The lowest BCUT2D eigenvalue weighted by atomic mass is 10.1. The predicted molar refractivity (Wildman–Crippen MR) is 61.3 cm³/mol. The van der Waals surface area contributed by atoms with Gasteiger partial charge in [0.1, 0.15) is 5.82 Å². The van der Waals surface area contributed by atoms with Gasteiger partial charge in [-0.15, -0.1) is 0 Å². The number of aliphatic hydroxyl groups excluding tert-OH is 1. The molecule has 0 aromatic carbocycles. The third kappa shape index (κ3) is 2.60. The summed E-state index contributed by atoms with van der Waals surface area (Å²) in [4.78, 5) is 10.8. The van der Waals surface area contributed by atoms with Crippen LogP contribution in [0.1, 0.15) is 12.8 Å². The highest BCUT2D eigenvalue weighted by Crippen LogP contribution is 2.19. The number of aliphatic hydroxyl groups is 1. The van der Waals surface area contributed by atoms with Crippen molar-refractivity contribution in [1.29, 1.82) is 0 Å². The summed E-state index contributed by atoms with van der Waals surface area (Å²) in [5, 5.41) is 10.2. The number of nitrogens with zero attached hydrogens (tertiary/aromatic N) is 3. The smallest absolute Gasteiger partial charge is 0.189 e. The molecule has 1 fully saturated rings. The summed E-state index contributed by atoms with van der Waals surface area (Å²) in [7, 11) is 0. The van der Waals surface area contributed by atoms with E-state index in [1.807, 2.05) is 12.3 Å². The van der Waals surface area contributed by atoms with E-state index >= 15 is 0 Å². The van der Waals surface area contributed by atoms with Crippen LogP contribution in [0.3, 0.4) is 0 Å². The minimum absolute atomic E-state index is 0.136. The molecule has 1 saturated heterocycles. The number of aromatic nitrogens is 2. The van der Waals surface area contributed by atoms with Gasteiger partial charge < -0.3 is 10.0 Å². The highest BCUT2D eigenvalue weighted by Gasteiger charge is 2.18. The maximum Gasteiger partial charge on any atom is 0.189 e. The zero-order valence-corrected chi connectivity index (χ0v) is 9.57. The van der Waals surface area contributed by atoms with Gasteiger partial charge in [0.2, 0.25) is 0 Å². The van der Waals surface area contributed by atoms with Gasteiger partial charge in [-0.25, -0.2) is 9.97 Å². The Morgan fingerprint density at radius 1 is 1.47 bits per heavy atom. The molecule has 1 aromatic rings. The fourth-order valence-electron chi connectivity index (χ4n) is 1.70. The van der Waals surface area contributed by atoms with Crippen molar-refractivity contribution in [3.05, 3.63) is 12.3 Å². The molecule has 82 valence electrons. The van der Waals surface area contributed by atoms with Crippen molar-refractivity contribution in [1.82, 2.24) is 9.97 Å². The van der Waals surface area contributed by atoms with Gasteiger partial charge in [-0.05, 0) is 25.2 Å². The molecule has 0 atom stereocenters. The first-order chi connectivity index (χ1) is 7.29. The van der Waals surface area contributed by atoms with E-state index in [-0.39, 0.29) is 6.10 Å². The topological polar surface area (TPSA) is 49.2 Å². The van der Waals surface area contributed by atoms with E-state index in [0.717, 1.165) is 36.9 Å². The standard InChI is InChI=1S/C10H15N3OS/c1-15-10-11-5-2-9(12-10)13-6-3-8(14)4-7-13/h2,5,8,14H,3-4,6-7H2,1H3. The van der Waals surface area contributed by atoms with Crippen LogP contribution in [-0.4, -0.2) is 40.5 Å². The Hall–Kier alpha value is -0.810. The van der Waals surface area contributed by atoms with E-state index < -0.39 is 0 Å². The zero-order chi connectivity index (χ0) is 10.7. The van der Waals surface area contributed by atoms with Crippen molar-refractivity contribution in [2.24, 2.45) is 0 Å². The van der Waals surface area contributed by atoms with Crippen molar-refractivity contribution in [2.75, 3.05) is 24.2 Å². The summed E-state index contributed by atoms with van der Waals surface area (Å²) in [6, 6.07) is 1.93. The van der Waals surface area contributed by atoms with E-state index in [2.05, 4.69) is 14.9 Å². The quantitative estimate of drug-likeness (QED) is 0.604. The molecule has 2 rings (SSSR count). The maximum absolute atomic E-state index is 9.41. The first-order valence-electron chi connectivity index (χ1n) is 5.09. The molecule has 4 nitrogen and oxygen atoms in total. The summed E-state index contributed by atoms with van der Waals surface area (Å²) in [6.07, 6.45) is 5.29. The minimum atomic E-state index is -0.136. The first-order valence-corrected chi connectivity index (χ1v) is 6.32. The molecule has 1 aliphatic rings. The fraction of sp³-hybridized carbons (Fsp3) is 0.600. The summed E-state index contributed by atoms with van der Waals surface area (Å²) in [5.74, 6) is 0.973. The van der Waals surface area contributed by atoms with Gasteiger partial charge in [-0.2, -0.15) is 0 Å². The predicted octanol–water partition coefficient (Wildman–Crippen LogP) is 1.16. The van der Waals surface area contributed by atoms with Crippen LogP contribution in [0, 0.1) is 0 Å². The van der Waals surface area contributed by atoms with Crippen LogP contribution in [0.4, 0.5) is 5.82 Å². The van der Waals surface area contributed by atoms with Crippen LogP contribution < -0.4 is 4.90 Å². The molecule has 0 saturated carbocycles. The Labute approximate surface area is 93.7 Å². The monoisotopic (exact) mass is 225 g/mol. The van der Waals surface area contributed by atoms with Crippen molar-refractivity contribution < 1.29 is 5.11 Å². The van der Waals surface area contributed by atoms with Crippen LogP contribution in [0.5, 0.6) is 0 Å². The fourth-order valence-corrected chi connectivity index (χ4v) is 2.05. The number of hydrogen-bond donors (Lipinski definition) is 1. The SMILES string of the molecule is CSc1nccc(N2CCC(O)CC2)n1. The second-order valence-corrected chi connectivity index (χ2v) is 4.39. The van der Waals surface area contributed by atoms with Crippen LogP contribution in [0.25, 0.3) is 0 Å². The van der Waals surface area contributed by atoms with Crippen molar-refractivity contribution in [3.63, 3.8) is 0 Å². The van der Waals surface area contributed by atoms with Crippen LogP contribution in [0.15, 0.2) is 17.4 Å². The summed E-state index contributed by atoms with van der Waals surface area (Å²) >= 11 is 1.55. The van der Waals surface area contributed by atoms with Gasteiger partial charge in [0.15, 0.2) is 5.16 Å². The van der Waals surface area contributed by atoms with E-state index in [4.69, 9.17) is 0 Å². The summed E-state index contributed by atoms with van der Waals surface area (Å²) < 4.78 is 0. The van der Waals surface area contributed by atoms with E-state index in [0.29, 0.717) is 0 Å². The lowest BCUT2D eigenvalue weighted by Crippen LogP contribution is -2.36. The van der Waals surface area contributed by atoms with Gasteiger partial charge in [0, 0.05) is 19.3 Å². The molecule has 0 bridgehead atoms. The second-order valence-electron chi connectivity index (χ2n) is 3.62. The zero-order valence-electron chi connectivity index (χ0n) is 8.76. The van der Waals surface area contributed by atoms with Crippen LogP contribution >= 0.6 is 11.8 Å². The number of piperidine rings is 1. The molecule has 1 N–H and O–H groups in total. The number of thioether (sulfide) groups is 1. The summed E-state index contributed by atoms with van der Waals surface area (Å²) in [5.41, 5.74) is 0. The molecule has 2 heterocycles. The molecular formula is C10H15N3OS. The highest BCUT2D eigenvalue weighted by atomic mass is 32.2. The second kappa shape index (κ2) is 4.81. The molecule has 0 amide bonds. The average Bonchev–Trinajstić information content (AvgIpc) is 2.30. The largest absolute Gasteiger partial charge is 0.393 e. The van der Waals surface area contributed by atoms with Crippen molar-refractivity contribution in [2.45, 2.75) is 24.1 Å². The normalized spacial score (nSPS) is 18.1. The van der Waals surface area contributed by atoms with Crippen LogP contribution in [0.2, 0.25) is 0 Å². The molecule has 0 aliphatic carbocycles. The van der Waals surface area contributed by atoms with E-state index in [1.165, 1.54) is 0 Å². The molecule has 0 unspecified atom stereocenters. The number of hydrogen-bond acceptors (Lipinski definition) is 5. The highest BCUT2D eigenvalue weighted by molar-refractivity contribution is 7.98. The number of rotatable bonds is 2. The molecule has 15 heavy (non-hydrogen) atoms. The Morgan fingerprint density at radius 3 is 2.87 bits per heavy atom. The Balaban J connectivity index is 2.08. The lowest BCUT2D eigenvalue weighted by molar-refractivity contribution is 0.145. The maximum atomic E-state index is 9.41. The molecule has 1 aromatic heterocycles. The lowest BCUT2D eigenvalue weighted by Gasteiger charge is -2.30.